The zero-order chi connectivity index (χ0) is 55.4. The molecule has 0 aromatic carbocycles. The number of amides is 1. The molecule has 1 fully saturated rings. The van der Waals surface area contributed by atoms with Crippen molar-refractivity contribution in [2.24, 2.45) is 5.41 Å². The fraction of sp³-hybridized carbons (Fsp3) is 0.883. The molecule has 16 nitrogen and oxygen atoms in total. The number of ether oxygens (including phenoxy) is 7. The van der Waals surface area contributed by atoms with E-state index in [4.69, 9.17) is 33.2 Å². The molecule has 0 aliphatic carbocycles. The fourth-order valence-corrected chi connectivity index (χ4v) is 8.86. The number of unbranched alkanes of at least 4 members (excludes halogenated alkanes) is 24. The third kappa shape index (κ3) is 44.1. The Kier molecular flexibility index (Phi) is 46.6. The number of nitrogens with zero attached hydrogens (tertiary/aromatic N) is 1. The van der Waals surface area contributed by atoms with Crippen molar-refractivity contribution in [2.75, 3.05) is 72.4 Å². The third-order valence-electron chi connectivity index (χ3n) is 13.8. The predicted octanol–water partition coefficient (Wildman–Crippen LogP) is 13.2. The molecule has 0 spiro atoms. The van der Waals surface area contributed by atoms with Crippen molar-refractivity contribution < 1.29 is 66.7 Å². The first-order valence-corrected chi connectivity index (χ1v) is 30.6. The predicted molar refractivity (Wildman–Crippen MR) is 296 cm³/mol. The van der Waals surface area contributed by atoms with Crippen LogP contribution in [0.5, 0.6) is 0 Å². The Morgan fingerprint density at radius 2 is 0.605 bits per heavy atom. The lowest BCUT2D eigenvalue weighted by Crippen LogP contribution is -2.45. The van der Waals surface area contributed by atoms with Crippen molar-refractivity contribution in [2.45, 2.75) is 265 Å². The van der Waals surface area contributed by atoms with E-state index in [1.807, 2.05) is 0 Å². The molecule has 16 heteroatoms. The van der Waals surface area contributed by atoms with Gasteiger partial charge in [0.2, 0.25) is 0 Å². The molecular weight excluding hydrogens is 973 g/mol. The van der Waals surface area contributed by atoms with Gasteiger partial charge in [-0.3, -0.25) is 28.8 Å². The van der Waals surface area contributed by atoms with E-state index in [9.17, 15) is 33.6 Å². The number of carbonyl (C=O) groups is 7. The number of hydrogen-bond donors (Lipinski definition) is 1. The van der Waals surface area contributed by atoms with Crippen LogP contribution < -0.4 is 5.32 Å². The smallest absolute Gasteiger partial charge is 0.407 e. The van der Waals surface area contributed by atoms with Crippen molar-refractivity contribution in [1.82, 2.24) is 10.2 Å². The fourth-order valence-electron chi connectivity index (χ4n) is 8.86. The molecule has 0 aromatic heterocycles. The van der Waals surface area contributed by atoms with Gasteiger partial charge in [0.15, 0.2) is 0 Å². The molecule has 76 heavy (non-hydrogen) atoms. The second-order valence-electron chi connectivity index (χ2n) is 21.2. The third-order valence-corrected chi connectivity index (χ3v) is 13.8. The Hall–Kier alpha value is -3.95. The maximum Gasteiger partial charge on any atom is 0.407 e. The maximum atomic E-state index is 13.2. The van der Waals surface area contributed by atoms with Gasteiger partial charge >= 0.3 is 41.9 Å². The van der Waals surface area contributed by atoms with E-state index in [1.54, 1.807) is 0 Å². The van der Waals surface area contributed by atoms with Crippen LogP contribution in [0.3, 0.4) is 0 Å². The lowest BCUT2D eigenvalue weighted by molar-refractivity contribution is -0.165. The molecule has 442 valence electrons. The maximum absolute atomic E-state index is 13.2. The Morgan fingerprint density at radius 3 is 0.921 bits per heavy atom. The van der Waals surface area contributed by atoms with Gasteiger partial charge in [-0.2, -0.15) is 0 Å². The summed E-state index contributed by atoms with van der Waals surface area (Å²) in [5, 5.41) is 2.77. The van der Waals surface area contributed by atoms with Crippen LogP contribution in [-0.2, 0) is 61.9 Å². The van der Waals surface area contributed by atoms with E-state index in [0.29, 0.717) is 90.7 Å². The van der Waals surface area contributed by atoms with Crippen LogP contribution in [0.4, 0.5) is 4.79 Å². The van der Waals surface area contributed by atoms with E-state index in [0.717, 1.165) is 83.7 Å². The van der Waals surface area contributed by atoms with Crippen molar-refractivity contribution in [3.05, 3.63) is 0 Å². The quantitative estimate of drug-likeness (QED) is 0.0342. The van der Waals surface area contributed by atoms with Crippen molar-refractivity contribution in [3.8, 4) is 0 Å². The Morgan fingerprint density at radius 1 is 0.342 bits per heavy atom. The molecule has 1 aliphatic rings. The van der Waals surface area contributed by atoms with Crippen LogP contribution in [0.1, 0.15) is 265 Å². The molecule has 0 bridgehead atoms. The molecule has 1 aliphatic heterocycles. The van der Waals surface area contributed by atoms with E-state index >= 15 is 0 Å². The minimum atomic E-state index is -1.44. The molecule has 0 unspecified atom stereocenters. The number of likely N-dealkylation sites (tertiary alicyclic amines) is 1. The Bertz CT molecular complexity index is 1350. The summed E-state index contributed by atoms with van der Waals surface area (Å²) >= 11 is 0. The monoisotopic (exact) mass is 1080 g/mol. The molecule has 0 aromatic rings. The van der Waals surface area contributed by atoms with Crippen molar-refractivity contribution >= 4 is 41.9 Å². The van der Waals surface area contributed by atoms with Gasteiger partial charge in [0.05, 0.1) is 19.8 Å². The first-order chi connectivity index (χ1) is 37.0. The summed E-state index contributed by atoms with van der Waals surface area (Å²) < 4.78 is 39.2. The average molecular weight is 1080 g/mol. The number of esters is 6. The summed E-state index contributed by atoms with van der Waals surface area (Å²) in [5.74, 6) is -2.36. The summed E-state index contributed by atoms with van der Waals surface area (Å²) in [5.41, 5.74) is -1.44. The molecule has 1 amide bonds. The lowest BCUT2D eigenvalue weighted by Gasteiger charge is -2.31. The Balaban J connectivity index is 2.83. The number of alkyl carbamates (subject to hydrolysis) is 1. The largest absolute Gasteiger partial charge is 0.466 e. The highest BCUT2D eigenvalue weighted by Gasteiger charge is 2.38. The Labute approximate surface area is 460 Å². The molecule has 1 N–H and O–H groups in total. The van der Waals surface area contributed by atoms with Crippen LogP contribution in [0.25, 0.3) is 0 Å². The standard InChI is InChI=1S/C60H108N2O14/c1-4-7-10-13-16-19-33-46-70-53(63)36-25-22-28-39-56(66)73-49-60(52-76-59(69)61-42-45-62-43-31-32-44-62,50-74-57(67)40-29-23-26-37-54(64)71-47-34-20-17-14-11-8-5-2)51-75-58(68)41-30-24-27-38-55(65)72-48-35-21-18-15-12-9-6-3/h4-52H2,1-3H3,(H,61,69). The van der Waals surface area contributed by atoms with Gasteiger partial charge in [0, 0.05) is 51.6 Å². The highest BCUT2D eigenvalue weighted by molar-refractivity contribution is 5.72. The van der Waals surface area contributed by atoms with Crippen LogP contribution in [0, 0.1) is 5.41 Å². The molecule has 1 rings (SSSR count). The van der Waals surface area contributed by atoms with Crippen molar-refractivity contribution in [3.63, 3.8) is 0 Å². The van der Waals surface area contributed by atoms with E-state index < -0.39 is 29.4 Å². The van der Waals surface area contributed by atoms with E-state index in [2.05, 4.69) is 31.0 Å². The minimum absolute atomic E-state index is 0.0555. The number of rotatable bonds is 53. The van der Waals surface area contributed by atoms with Gasteiger partial charge in [-0.1, -0.05) is 156 Å². The molecular formula is C60H108N2O14. The summed E-state index contributed by atoms with van der Waals surface area (Å²) in [7, 11) is 0. The lowest BCUT2D eigenvalue weighted by atomic mass is 9.92. The van der Waals surface area contributed by atoms with E-state index in [1.165, 1.54) is 77.0 Å². The molecule has 1 heterocycles. The van der Waals surface area contributed by atoms with Crippen LogP contribution in [0.15, 0.2) is 0 Å². The van der Waals surface area contributed by atoms with Gasteiger partial charge in [-0.05, 0) is 83.7 Å². The van der Waals surface area contributed by atoms with Gasteiger partial charge < -0.3 is 43.4 Å². The zero-order valence-electron chi connectivity index (χ0n) is 48.3. The normalized spacial score (nSPS) is 12.5. The highest BCUT2D eigenvalue weighted by atomic mass is 16.6. The summed E-state index contributed by atoms with van der Waals surface area (Å²) in [4.78, 5) is 91.8. The van der Waals surface area contributed by atoms with Crippen molar-refractivity contribution in [1.29, 1.82) is 0 Å². The van der Waals surface area contributed by atoms with Crippen LogP contribution in [0.2, 0.25) is 0 Å². The second kappa shape index (κ2) is 50.5. The first-order valence-electron chi connectivity index (χ1n) is 30.6. The minimum Gasteiger partial charge on any atom is -0.466 e. The molecule has 0 atom stereocenters. The van der Waals surface area contributed by atoms with Crippen LogP contribution in [-0.4, -0.2) is 119 Å². The van der Waals surface area contributed by atoms with Gasteiger partial charge in [0.1, 0.15) is 31.8 Å². The second-order valence-corrected chi connectivity index (χ2v) is 21.2. The summed E-state index contributed by atoms with van der Waals surface area (Å²) in [6, 6.07) is 0. The van der Waals surface area contributed by atoms with Gasteiger partial charge in [-0.15, -0.1) is 0 Å². The van der Waals surface area contributed by atoms with Gasteiger partial charge in [-0.25, -0.2) is 4.79 Å². The average Bonchev–Trinajstić information content (AvgIpc) is 3.94. The zero-order valence-corrected chi connectivity index (χ0v) is 48.3. The number of hydrogen-bond acceptors (Lipinski definition) is 15. The molecule has 0 radical (unpaired) electrons. The molecule has 1 saturated heterocycles. The summed E-state index contributed by atoms with van der Waals surface area (Å²) in [6.07, 6.45) is 31.2. The summed E-state index contributed by atoms with van der Waals surface area (Å²) in [6.45, 7) is 9.28. The number of nitrogens with one attached hydrogen (secondary N) is 1. The first kappa shape index (κ1) is 70.1. The topological polar surface area (TPSA) is 199 Å². The van der Waals surface area contributed by atoms with Gasteiger partial charge in [0.25, 0.3) is 0 Å². The van der Waals surface area contributed by atoms with E-state index in [-0.39, 0.29) is 82.9 Å². The molecule has 0 saturated carbocycles. The number of carbonyl (C=O) groups excluding carboxylic acids is 7. The highest BCUT2D eigenvalue weighted by Crippen LogP contribution is 2.24. The van der Waals surface area contributed by atoms with Crippen LogP contribution >= 0.6 is 0 Å². The SMILES string of the molecule is CCCCCCCCCOC(=O)CCCCCC(=O)OCC(COC(=O)CCCCCC(=O)OCCCCCCCCC)(COC(=O)CCCCCC(=O)OCCCCCCCCC)COC(=O)NCCN1CCCC1.